The number of hydrogen-bond acceptors (Lipinski definition) is 5. The third-order valence-corrected chi connectivity index (χ3v) is 6.29. The van der Waals surface area contributed by atoms with Crippen molar-refractivity contribution in [3.8, 4) is 22.8 Å². The number of amides is 1. The average molecular weight is 442 g/mol. The maximum atomic E-state index is 12.8. The van der Waals surface area contributed by atoms with E-state index in [1.165, 1.54) is 0 Å². The van der Waals surface area contributed by atoms with E-state index in [0.717, 1.165) is 52.0 Å². The normalized spacial score (nSPS) is 17.5. The number of carbonyl (C=O) groups excluding carboxylic acids is 1. The van der Waals surface area contributed by atoms with E-state index in [-0.39, 0.29) is 11.9 Å². The molecule has 2 aromatic carbocycles. The van der Waals surface area contributed by atoms with E-state index in [1.54, 1.807) is 6.20 Å². The fourth-order valence-corrected chi connectivity index (χ4v) is 4.12. The largest absolute Gasteiger partial charge is 0.457 e. The van der Waals surface area contributed by atoms with Gasteiger partial charge >= 0.3 is 0 Å². The van der Waals surface area contributed by atoms with Gasteiger partial charge in [0.15, 0.2) is 0 Å². The van der Waals surface area contributed by atoms with Crippen molar-refractivity contribution in [2.45, 2.75) is 32.4 Å². The van der Waals surface area contributed by atoms with E-state index in [9.17, 15) is 4.79 Å². The Balaban J connectivity index is 1.38. The van der Waals surface area contributed by atoms with Crippen molar-refractivity contribution in [3.05, 3.63) is 72.1 Å². The molecule has 2 N–H and O–H groups in total. The zero-order chi connectivity index (χ0) is 22.9. The summed E-state index contributed by atoms with van der Waals surface area (Å²) in [5, 5.41) is 11.7. The Bertz CT molecular complexity index is 1330. The van der Waals surface area contributed by atoms with Crippen molar-refractivity contribution >= 4 is 16.8 Å². The van der Waals surface area contributed by atoms with Crippen molar-refractivity contribution in [2.75, 3.05) is 6.54 Å². The predicted octanol–water partition coefficient (Wildman–Crippen LogP) is 4.08. The smallest absolute Gasteiger partial charge is 0.251 e. The van der Waals surface area contributed by atoms with Crippen LogP contribution in [0.1, 0.15) is 29.8 Å². The van der Waals surface area contributed by atoms with Crippen LogP contribution < -0.4 is 15.4 Å². The molecule has 1 aliphatic heterocycles. The topological polar surface area (TPSA) is 81.1 Å². The fraction of sp³-hybridized carbons (Fsp3) is 0.269. The van der Waals surface area contributed by atoms with Gasteiger partial charge in [-0.1, -0.05) is 13.0 Å². The third kappa shape index (κ3) is 4.19. The molecule has 0 radical (unpaired) electrons. The van der Waals surface area contributed by atoms with Crippen molar-refractivity contribution in [2.24, 2.45) is 7.05 Å². The molecule has 0 spiro atoms. The lowest BCUT2D eigenvalue weighted by Crippen LogP contribution is -2.63. The molecule has 7 heteroatoms. The molecule has 0 bridgehead atoms. The molecule has 3 heterocycles. The minimum atomic E-state index is -0.0210. The summed E-state index contributed by atoms with van der Waals surface area (Å²) in [5.74, 6) is 1.42. The Morgan fingerprint density at radius 1 is 1.18 bits per heavy atom. The molecule has 1 fully saturated rings. The minimum Gasteiger partial charge on any atom is -0.457 e. The lowest BCUT2D eigenvalue weighted by Gasteiger charge is -2.36. The molecule has 2 aromatic heterocycles. The van der Waals surface area contributed by atoms with Crippen LogP contribution in [0, 0.1) is 0 Å². The van der Waals surface area contributed by atoms with Crippen molar-refractivity contribution < 1.29 is 9.53 Å². The number of pyridine rings is 1. The Morgan fingerprint density at radius 2 is 2.03 bits per heavy atom. The average Bonchev–Trinajstić information content (AvgIpc) is 3.21. The summed E-state index contributed by atoms with van der Waals surface area (Å²) >= 11 is 0. The maximum Gasteiger partial charge on any atom is 0.251 e. The second kappa shape index (κ2) is 8.67. The molecule has 1 saturated heterocycles. The Labute approximate surface area is 192 Å². The molecule has 7 nitrogen and oxygen atoms in total. The number of fused-ring (bicyclic) bond motifs is 1. The van der Waals surface area contributed by atoms with Crippen LogP contribution >= 0.6 is 0 Å². The van der Waals surface area contributed by atoms with E-state index < -0.39 is 0 Å². The monoisotopic (exact) mass is 441 g/mol. The first-order valence-electron chi connectivity index (χ1n) is 11.2. The first kappa shape index (κ1) is 21.2. The van der Waals surface area contributed by atoms with Crippen LogP contribution in [0.4, 0.5) is 0 Å². The van der Waals surface area contributed by atoms with Gasteiger partial charge in [0.2, 0.25) is 0 Å². The van der Waals surface area contributed by atoms with Crippen LogP contribution in [0.15, 0.2) is 60.9 Å². The third-order valence-electron chi connectivity index (χ3n) is 6.29. The molecule has 5 rings (SSSR count). The van der Waals surface area contributed by atoms with Gasteiger partial charge in [0.25, 0.3) is 5.91 Å². The number of nitrogens with one attached hydrogen (secondary N) is 2. The number of nitrogens with zero attached hydrogens (tertiary/aromatic N) is 3. The van der Waals surface area contributed by atoms with Crippen molar-refractivity contribution in [3.63, 3.8) is 0 Å². The van der Waals surface area contributed by atoms with Crippen molar-refractivity contribution in [1.82, 2.24) is 25.4 Å². The van der Waals surface area contributed by atoms with Gasteiger partial charge in [0.1, 0.15) is 11.5 Å². The Morgan fingerprint density at radius 3 is 2.79 bits per heavy atom. The highest BCUT2D eigenvalue weighted by Crippen LogP contribution is 2.29. The van der Waals surface area contributed by atoms with Gasteiger partial charge in [-0.2, -0.15) is 5.10 Å². The summed E-state index contributed by atoms with van der Waals surface area (Å²) in [5.41, 5.74) is 4.48. The predicted molar refractivity (Wildman–Crippen MR) is 129 cm³/mol. The first-order valence-corrected chi connectivity index (χ1v) is 11.2. The van der Waals surface area contributed by atoms with Gasteiger partial charge in [0, 0.05) is 54.5 Å². The molecule has 1 amide bonds. The highest BCUT2D eigenvalue weighted by atomic mass is 16.5. The highest BCUT2D eigenvalue weighted by molar-refractivity contribution is 5.96. The SMILES string of the molecule is CCc1cc(-c2cc(Oc3ccc4cnn(C)c4c3)ccn2)ccc1C(=O)N[C@H]1CN[C@@H]1C. The summed E-state index contributed by atoms with van der Waals surface area (Å²) < 4.78 is 7.94. The van der Waals surface area contributed by atoms with E-state index >= 15 is 0 Å². The summed E-state index contributed by atoms with van der Waals surface area (Å²) in [4.78, 5) is 17.3. The molecular weight excluding hydrogens is 414 g/mol. The quantitative estimate of drug-likeness (QED) is 0.471. The molecule has 168 valence electrons. The number of aromatic nitrogens is 3. The van der Waals surface area contributed by atoms with Crippen LogP contribution in [0.5, 0.6) is 11.5 Å². The van der Waals surface area contributed by atoms with Crippen LogP contribution in [0.3, 0.4) is 0 Å². The lowest BCUT2D eigenvalue weighted by molar-refractivity contribution is 0.0905. The number of carbonyl (C=O) groups is 1. The zero-order valence-electron chi connectivity index (χ0n) is 19.0. The summed E-state index contributed by atoms with van der Waals surface area (Å²) in [6.45, 7) is 4.95. The number of hydrogen-bond donors (Lipinski definition) is 2. The van der Waals surface area contributed by atoms with E-state index in [2.05, 4.69) is 34.6 Å². The highest BCUT2D eigenvalue weighted by Gasteiger charge is 2.28. The van der Waals surface area contributed by atoms with Crippen LogP contribution in [0.2, 0.25) is 0 Å². The Hall–Kier alpha value is -3.71. The molecular formula is C26H27N5O2. The zero-order valence-corrected chi connectivity index (χ0v) is 19.0. The van der Waals surface area contributed by atoms with Gasteiger partial charge in [-0.05, 0) is 49.2 Å². The number of ether oxygens (including phenoxy) is 1. The summed E-state index contributed by atoms with van der Waals surface area (Å²) in [6.07, 6.45) is 4.34. The van der Waals surface area contributed by atoms with Crippen molar-refractivity contribution in [1.29, 1.82) is 0 Å². The minimum absolute atomic E-state index is 0.0210. The molecule has 33 heavy (non-hydrogen) atoms. The standard InChI is InChI=1S/C26H27N5O2/c1-4-17-11-18(6-8-22(17)26(32)30-24-15-28-16(24)2)23-12-21(9-10-27-23)33-20-7-5-19-14-29-31(3)25(19)13-20/h5-14,16,24,28H,4,15H2,1-3H3,(H,30,32)/t16-,24+/m1/s1. The summed E-state index contributed by atoms with van der Waals surface area (Å²) in [7, 11) is 1.91. The van der Waals surface area contributed by atoms with Gasteiger partial charge in [-0.25, -0.2) is 0 Å². The van der Waals surface area contributed by atoms with Crippen LogP contribution in [-0.4, -0.2) is 39.3 Å². The molecule has 0 aliphatic carbocycles. The van der Waals surface area contributed by atoms with E-state index in [4.69, 9.17) is 4.74 Å². The maximum absolute atomic E-state index is 12.8. The van der Waals surface area contributed by atoms with Gasteiger partial charge in [-0.3, -0.25) is 14.5 Å². The van der Waals surface area contributed by atoms with E-state index in [0.29, 0.717) is 11.8 Å². The Kier molecular flexibility index (Phi) is 5.56. The first-order chi connectivity index (χ1) is 16.0. The summed E-state index contributed by atoms with van der Waals surface area (Å²) in [6, 6.07) is 16.1. The second-order valence-electron chi connectivity index (χ2n) is 8.47. The van der Waals surface area contributed by atoms with E-state index in [1.807, 2.05) is 66.5 Å². The number of rotatable bonds is 6. The number of aryl methyl sites for hydroxylation is 2. The van der Waals surface area contributed by atoms with Gasteiger partial charge < -0.3 is 15.4 Å². The lowest BCUT2D eigenvalue weighted by atomic mass is 9.97. The van der Waals surface area contributed by atoms with Crippen LogP contribution in [0.25, 0.3) is 22.2 Å². The van der Waals surface area contributed by atoms with Gasteiger partial charge in [0.05, 0.1) is 23.4 Å². The fourth-order valence-electron chi connectivity index (χ4n) is 4.12. The second-order valence-corrected chi connectivity index (χ2v) is 8.47. The van der Waals surface area contributed by atoms with Crippen LogP contribution in [-0.2, 0) is 13.5 Å². The van der Waals surface area contributed by atoms with Gasteiger partial charge in [-0.15, -0.1) is 0 Å². The molecule has 0 saturated carbocycles. The molecule has 1 aliphatic rings. The molecule has 4 aromatic rings. The molecule has 0 unspecified atom stereocenters. The molecule has 2 atom stereocenters. The number of benzene rings is 2.